The highest BCUT2D eigenvalue weighted by atomic mass is 16.7. The van der Waals surface area contributed by atoms with Crippen LogP contribution in [0.3, 0.4) is 0 Å². The van der Waals surface area contributed by atoms with Crippen LogP contribution in [0.1, 0.15) is 26.2 Å². The van der Waals surface area contributed by atoms with Crippen LogP contribution in [0.5, 0.6) is 0 Å². The van der Waals surface area contributed by atoms with Crippen molar-refractivity contribution in [1.82, 2.24) is 5.32 Å². The van der Waals surface area contributed by atoms with Crippen molar-refractivity contribution >= 4 is 6.16 Å². The average molecular weight is 173 g/mol. The zero-order valence-electron chi connectivity index (χ0n) is 7.34. The molecule has 4 heteroatoms. The van der Waals surface area contributed by atoms with Gasteiger partial charge >= 0.3 is 6.16 Å². The van der Waals surface area contributed by atoms with Gasteiger partial charge in [-0.15, -0.1) is 0 Å². The van der Waals surface area contributed by atoms with Gasteiger partial charge < -0.3 is 9.47 Å². The third-order valence-corrected chi connectivity index (χ3v) is 1.68. The Hall–Kier alpha value is -0.770. The Kier molecular flexibility index (Phi) is 3.87. The van der Waals surface area contributed by atoms with Gasteiger partial charge in [0.2, 0.25) is 0 Å². The predicted octanol–water partition coefficient (Wildman–Crippen LogP) is 1.26. The lowest BCUT2D eigenvalue weighted by molar-refractivity contribution is 0.0188. The van der Waals surface area contributed by atoms with Crippen LogP contribution in [0.25, 0.3) is 0 Å². The summed E-state index contributed by atoms with van der Waals surface area (Å²) in [5.74, 6) is 0. The number of ether oxygens (including phenoxy) is 2. The molecule has 12 heavy (non-hydrogen) atoms. The van der Waals surface area contributed by atoms with Crippen LogP contribution >= 0.6 is 0 Å². The minimum atomic E-state index is -0.559. The Morgan fingerprint density at radius 3 is 3.08 bits per heavy atom. The highest BCUT2D eigenvalue weighted by Gasteiger charge is 2.18. The van der Waals surface area contributed by atoms with Gasteiger partial charge in [0, 0.05) is 0 Å². The van der Waals surface area contributed by atoms with Crippen LogP contribution in [0.15, 0.2) is 0 Å². The van der Waals surface area contributed by atoms with Crippen molar-refractivity contribution < 1.29 is 14.3 Å². The molecule has 1 saturated heterocycles. The largest absolute Gasteiger partial charge is 0.509 e. The summed E-state index contributed by atoms with van der Waals surface area (Å²) in [6.07, 6.45) is 2.09. The second-order valence-corrected chi connectivity index (χ2v) is 2.80. The molecule has 0 bridgehead atoms. The smallest absolute Gasteiger partial charge is 0.434 e. The molecule has 0 aromatic heterocycles. The topological polar surface area (TPSA) is 47.6 Å². The van der Waals surface area contributed by atoms with Gasteiger partial charge in [-0.05, 0) is 25.8 Å². The third-order valence-electron chi connectivity index (χ3n) is 1.68. The summed E-state index contributed by atoms with van der Waals surface area (Å²) in [5, 5.41) is 3.04. The first-order chi connectivity index (χ1) is 5.83. The van der Waals surface area contributed by atoms with Crippen LogP contribution in [-0.4, -0.2) is 25.5 Å². The predicted molar refractivity (Wildman–Crippen MR) is 43.7 cm³/mol. The van der Waals surface area contributed by atoms with Gasteiger partial charge in [0.1, 0.15) is 0 Å². The summed E-state index contributed by atoms with van der Waals surface area (Å²) in [5.41, 5.74) is 0. The molecule has 4 nitrogen and oxygen atoms in total. The van der Waals surface area contributed by atoms with E-state index in [0.717, 1.165) is 25.8 Å². The molecule has 1 fully saturated rings. The standard InChI is InChI=1S/C8H15NO3/c1-2-6-11-8(10)12-7-4-3-5-9-7/h7,9H,2-6H2,1H3. The van der Waals surface area contributed by atoms with Crippen molar-refractivity contribution in [3.8, 4) is 0 Å². The number of carbonyl (C=O) groups excluding carboxylic acids is 1. The van der Waals surface area contributed by atoms with E-state index in [-0.39, 0.29) is 6.23 Å². The van der Waals surface area contributed by atoms with Gasteiger partial charge in [-0.25, -0.2) is 4.79 Å². The lowest BCUT2D eigenvalue weighted by atomic mass is 10.4. The van der Waals surface area contributed by atoms with Crippen molar-refractivity contribution in [1.29, 1.82) is 0 Å². The summed E-state index contributed by atoms with van der Waals surface area (Å²) in [7, 11) is 0. The number of carbonyl (C=O) groups is 1. The highest BCUT2D eigenvalue weighted by Crippen LogP contribution is 2.06. The fourth-order valence-electron chi connectivity index (χ4n) is 1.09. The zero-order valence-corrected chi connectivity index (χ0v) is 7.34. The van der Waals surface area contributed by atoms with Crippen molar-refractivity contribution in [3.05, 3.63) is 0 Å². The molecule has 1 atom stereocenters. The molecule has 1 unspecified atom stereocenters. The van der Waals surface area contributed by atoms with Gasteiger partial charge in [0.05, 0.1) is 6.61 Å². The molecular weight excluding hydrogens is 158 g/mol. The minimum absolute atomic E-state index is 0.130. The molecule has 1 N–H and O–H groups in total. The molecule has 1 rings (SSSR count). The lowest BCUT2D eigenvalue weighted by Gasteiger charge is -2.10. The Morgan fingerprint density at radius 1 is 1.67 bits per heavy atom. The van der Waals surface area contributed by atoms with Crippen LogP contribution in [0.2, 0.25) is 0 Å². The number of hydrogen-bond donors (Lipinski definition) is 1. The van der Waals surface area contributed by atoms with E-state index in [1.165, 1.54) is 0 Å². The molecule has 0 aromatic rings. The summed E-state index contributed by atoms with van der Waals surface area (Å²) in [6.45, 7) is 3.30. The van der Waals surface area contributed by atoms with E-state index in [1.807, 2.05) is 6.92 Å². The number of nitrogens with one attached hydrogen (secondary N) is 1. The van der Waals surface area contributed by atoms with E-state index in [4.69, 9.17) is 9.47 Å². The molecule has 0 spiro atoms. The van der Waals surface area contributed by atoms with Crippen molar-refractivity contribution in [2.24, 2.45) is 0 Å². The Morgan fingerprint density at radius 2 is 2.50 bits per heavy atom. The fourth-order valence-corrected chi connectivity index (χ4v) is 1.09. The monoisotopic (exact) mass is 173 g/mol. The Bertz CT molecular complexity index is 143. The fraction of sp³-hybridized carbons (Fsp3) is 0.875. The number of hydrogen-bond acceptors (Lipinski definition) is 4. The molecule has 1 heterocycles. The van der Waals surface area contributed by atoms with Gasteiger partial charge in [-0.1, -0.05) is 6.92 Å². The van der Waals surface area contributed by atoms with Crippen LogP contribution in [-0.2, 0) is 9.47 Å². The van der Waals surface area contributed by atoms with Gasteiger partial charge in [0.25, 0.3) is 0 Å². The van der Waals surface area contributed by atoms with Gasteiger partial charge in [-0.2, -0.15) is 0 Å². The molecule has 1 aliphatic heterocycles. The SMILES string of the molecule is CCCOC(=O)OC1CCCN1. The normalized spacial score (nSPS) is 22.2. The maximum Gasteiger partial charge on any atom is 0.509 e. The van der Waals surface area contributed by atoms with Crippen molar-refractivity contribution in [3.63, 3.8) is 0 Å². The van der Waals surface area contributed by atoms with E-state index < -0.39 is 6.16 Å². The summed E-state index contributed by atoms with van der Waals surface area (Å²) in [4.78, 5) is 10.9. The molecule has 0 saturated carbocycles. The van der Waals surface area contributed by atoms with E-state index in [0.29, 0.717) is 6.61 Å². The summed E-state index contributed by atoms with van der Waals surface area (Å²) in [6, 6.07) is 0. The van der Waals surface area contributed by atoms with E-state index >= 15 is 0 Å². The van der Waals surface area contributed by atoms with Crippen molar-refractivity contribution in [2.45, 2.75) is 32.4 Å². The van der Waals surface area contributed by atoms with Crippen molar-refractivity contribution in [2.75, 3.05) is 13.2 Å². The molecule has 0 amide bonds. The van der Waals surface area contributed by atoms with Crippen LogP contribution in [0.4, 0.5) is 4.79 Å². The zero-order chi connectivity index (χ0) is 8.81. The number of rotatable bonds is 3. The molecular formula is C8H15NO3. The maximum absolute atomic E-state index is 10.9. The molecule has 1 aliphatic rings. The Balaban J connectivity index is 2.08. The van der Waals surface area contributed by atoms with E-state index in [2.05, 4.69) is 5.32 Å². The first-order valence-electron chi connectivity index (χ1n) is 4.39. The average Bonchev–Trinajstić information content (AvgIpc) is 2.53. The minimum Gasteiger partial charge on any atom is -0.434 e. The van der Waals surface area contributed by atoms with Gasteiger partial charge in [0.15, 0.2) is 6.23 Å². The van der Waals surface area contributed by atoms with E-state index in [1.54, 1.807) is 0 Å². The third kappa shape index (κ3) is 3.09. The molecule has 0 aromatic carbocycles. The second kappa shape index (κ2) is 4.98. The molecule has 70 valence electrons. The summed E-state index contributed by atoms with van der Waals surface area (Å²) >= 11 is 0. The summed E-state index contributed by atoms with van der Waals surface area (Å²) < 4.78 is 9.69. The first-order valence-corrected chi connectivity index (χ1v) is 4.39. The lowest BCUT2D eigenvalue weighted by Crippen LogP contribution is -2.28. The first kappa shape index (κ1) is 9.32. The van der Waals surface area contributed by atoms with Crippen LogP contribution < -0.4 is 5.32 Å². The molecule has 0 aliphatic carbocycles. The Labute approximate surface area is 72.2 Å². The van der Waals surface area contributed by atoms with Crippen LogP contribution in [0, 0.1) is 0 Å². The second-order valence-electron chi connectivity index (χ2n) is 2.80. The quantitative estimate of drug-likeness (QED) is 0.653. The maximum atomic E-state index is 10.9. The highest BCUT2D eigenvalue weighted by molar-refractivity contribution is 5.60. The van der Waals surface area contributed by atoms with Gasteiger partial charge in [-0.3, -0.25) is 5.32 Å². The van der Waals surface area contributed by atoms with E-state index in [9.17, 15) is 4.79 Å². The molecule has 0 radical (unpaired) electrons.